The Kier molecular flexibility index (Phi) is 5.32. The maximum Gasteiger partial charge on any atom is 0.292 e. The van der Waals surface area contributed by atoms with Gasteiger partial charge in [-0.05, 0) is 43.9 Å². The largest absolute Gasteiger partial charge is 0.381 e. The summed E-state index contributed by atoms with van der Waals surface area (Å²) in [6, 6.07) is 2.75. The molecule has 144 valence electrons. The van der Waals surface area contributed by atoms with E-state index < -0.39 is 0 Å². The third-order valence-electron chi connectivity index (χ3n) is 6.10. The van der Waals surface area contributed by atoms with Crippen molar-refractivity contribution in [1.82, 2.24) is 15.0 Å². The first kappa shape index (κ1) is 18.0. The van der Waals surface area contributed by atoms with Gasteiger partial charge in [0.15, 0.2) is 0 Å². The molecule has 4 aliphatic heterocycles. The highest BCUT2D eigenvalue weighted by Crippen LogP contribution is 2.31. The van der Waals surface area contributed by atoms with Crippen molar-refractivity contribution in [2.45, 2.75) is 58.0 Å². The van der Waals surface area contributed by atoms with Gasteiger partial charge in [-0.15, -0.1) is 0 Å². The Labute approximate surface area is 155 Å². The molecule has 5 rings (SSSR count). The van der Waals surface area contributed by atoms with Crippen LogP contribution >= 0.6 is 0 Å². The zero-order valence-corrected chi connectivity index (χ0v) is 16.0. The van der Waals surface area contributed by atoms with Crippen LogP contribution in [0.2, 0.25) is 0 Å². The average Bonchev–Trinajstić information content (AvgIpc) is 2.90. The Morgan fingerprint density at radius 3 is 2.73 bits per heavy atom. The molecule has 0 N–H and O–H groups in total. The molecule has 1 aromatic heterocycles. The van der Waals surface area contributed by atoms with E-state index in [0.717, 1.165) is 64.2 Å². The van der Waals surface area contributed by atoms with E-state index in [4.69, 9.17) is 9.26 Å². The number of carbonyl (C=O) groups is 1. The van der Waals surface area contributed by atoms with E-state index in [1.165, 1.54) is 6.42 Å². The molecule has 5 heterocycles. The van der Waals surface area contributed by atoms with Crippen molar-refractivity contribution in [2.75, 3.05) is 32.8 Å². The third-order valence-corrected chi connectivity index (χ3v) is 6.10. The van der Waals surface area contributed by atoms with Crippen LogP contribution in [-0.4, -0.2) is 65.8 Å². The number of amides is 1. The molecule has 4 aliphatic rings. The van der Waals surface area contributed by atoms with Crippen LogP contribution in [0, 0.1) is 11.8 Å². The van der Waals surface area contributed by atoms with E-state index in [-0.39, 0.29) is 5.91 Å². The Hall–Kier alpha value is -1.40. The predicted molar refractivity (Wildman–Crippen MR) is 98.0 cm³/mol. The topological polar surface area (TPSA) is 58.8 Å². The van der Waals surface area contributed by atoms with Gasteiger partial charge in [-0.2, -0.15) is 0 Å². The number of piperidine rings is 1. The minimum absolute atomic E-state index is 0.0241. The molecule has 6 nitrogen and oxygen atoms in total. The van der Waals surface area contributed by atoms with Gasteiger partial charge >= 0.3 is 0 Å². The molecular weight excluding hydrogens is 330 g/mol. The quantitative estimate of drug-likeness (QED) is 0.825. The second kappa shape index (κ2) is 7.69. The summed E-state index contributed by atoms with van der Waals surface area (Å²) in [5.74, 6) is 1.51. The third kappa shape index (κ3) is 3.81. The number of ether oxygens (including phenoxy) is 1. The lowest BCUT2D eigenvalue weighted by atomic mass is 9.94. The molecule has 4 saturated heterocycles. The van der Waals surface area contributed by atoms with Gasteiger partial charge in [0.1, 0.15) is 0 Å². The summed E-state index contributed by atoms with van der Waals surface area (Å²) in [7, 11) is 0. The van der Waals surface area contributed by atoms with Gasteiger partial charge in [0.2, 0.25) is 5.76 Å². The lowest BCUT2D eigenvalue weighted by molar-refractivity contribution is 0.0301. The molecule has 26 heavy (non-hydrogen) atoms. The van der Waals surface area contributed by atoms with Crippen LogP contribution in [0.5, 0.6) is 0 Å². The molecule has 0 saturated carbocycles. The maximum absolute atomic E-state index is 13.1. The molecule has 1 amide bonds. The summed E-state index contributed by atoms with van der Waals surface area (Å²) in [5.41, 5.74) is 0.882. The fourth-order valence-corrected chi connectivity index (χ4v) is 4.78. The molecule has 0 radical (unpaired) electrons. The molecule has 2 atom stereocenters. The van der Waals surface area contributed by atoms with Gasteiger partial charge in [0, 0.05) is 51.0 Å². The van der Waals surface area contributed by atoms with Crippen LogP contribution in [-0.2, 0) is 11.2 Å². The van der Waals surface area contributed by atoms with Crippen LogP contribution in [0.15, 0.2) is 10.6 Å². The zero-order chi connectivity index (χ0) is 18.1. The predicted octanol–water partition coefficient (Wildman–Crippen LogP) is 2.59. The second-order valence-electron chi connectivity index (χ2n) is 8.63. The average molecular weight is 361 g/mol. The lowest BCUT2D eigenvalue weighted by Crippen LogP contribution is -2.48. The summed E-state index contributed by atoms with van der Waals surface area (Å²) in [4.78, 5) is 17.8. The summed E-state index contributed by atoms with van der Waals surface area (Å²) in [6.07, 6.45) is 5.41. The van der Waals surface area contributed by atoms with Crippen molar-refractivity contribution in [1.29, 1.82) is 0 Å². The van der Waals surface area contributed by atoms with E-state index in [2.05, 4.69) is 28.8 Å². The number of hydrogen-bond donors (Lipinski definition) is 0. The lowest BCUT2D eigenvalue weighted by Gasteiger charge is -2.36. The number of fused-ring (bicyclic) bond motifs is 4. The number of nitrogens with zero attached hydrogens (tertiary/aromatic N) is 3. The summed E-state index contributed by atoms with van der Waals surface area (Å²) in [5, 5.41) is 4.10. The Morgan fingerprint density at radius 2 is 1.96 bits per heavy atom. The minimum Gasteiger partial charge on any atom is -0.381 e. The van der Waals surface area contributed by atoms with Crippen LogP contribution in [0.1, 0.15) is 55.8 Å². The SMILES string of the molecule is CC(C)Cc1cc(C(=O)N2C[C@H]3CC[C@@H]2CN(C2CCOCC2)C3)on1. The number of hydrogen-bond acceptors (Lipinski definition) is 5. The fourth-order valence-electron chi connectivity index (χ4n) is 4.78. The van der Waals surface area contributed by atoms with Gasteiger partial charge in [-0.1, -0.05) is 19.0 Å². The standard InChI is InChI=1S/C20H31N3O3/c1-14(2)9-16-10-19(26-21-16)20(24)23-12-15-3-4-18(23)13-22(11-15)17-5-7-25-8-6-17/h10,14-15,17-18H,3-9,11-13H2,1-2H3/t15-,18+/m0/s1. The van der Waals surface area contributed by atoms with Crippen LogP contribution in [0.3, 0.4) is 0 Å². The maximum atomic E-state index is 13.1. The number of carbonyl (C=O) groups excluding carboxylic acids is 1. The molecular formula is C20H31N3O3. The highest BCUT2D eigenvalue weighted by Gasteiger charge is 2.40. The molecule has 6 heteroatoms. The summed E-state index contributed by atoms with van der Waals surface area (Å²) >= 11 is 0. The first-order valence-corrected chi connectivity index (χ1v) is 10.2. The van der Waals surface area contributed by atoms with E-state index >= 15 is 0 Å². The highest BCUT2D eigenvalue weighted by atomic mass is 16.5. The van der Waals surface area contributed by atoms with Crippen LogP contribution in [0.25, 0.3) is 0 Å². The Morgan fingerprint density at radius 1 is 1.15 bits per heavy atom. The highest BCUT2D eigenvalue weighted by molar-refractivity contribution is 5.91. The first-order chi connectivity index (χ1) is 12.6. The zero-order valence-electron chi connectivity index (χ0n) is 16.0. The van der Waals surface area contributed by atoms with E-state index in [1.54, 1.807) is 0 Å². The molecule has 0 unspecified atom stereocenters. The molecule has 2 bridgehead atoms. The van der Waals surface area contributed by atoms with Crippen molar-refractivity contribution in [2.24, 2.45) is 11.8 Å². The Balaban J connectivity index is 1.45. The molecule has 0 aromatic carbocycles. The first-order valence-electron chi connectivity index (χ1n) is 10.2. The van der Waals surface area contributed by atoms with E-state index in [0.29, 0.717) is 29.7 Å². The smallest absolute Gasteiger partial charge is 0.292 e. The van der Waals surface area contributed by atoms with Crippen LogP contribution in [0.4, 0.5) is 0 Å². The van der Waals surface area contributed by atoms with Crippen molar-refractivity contribution < 1.29 is 14.1 Å². The second-order valence-corrected chi connectivity index (χ2v) is 8.63. The fraction of sp³-hybridized carbons (Fsp3) is 0.800. The molecule has 0 spiro atoms. The monoisotopic (exact) mass is 361 g/mol. The van der Waals surface area contributed by atoms with Gasteiger partial charge in [-0.3, -0.25) is 9.69 Å². The Bertz CT molecular complexity index is 624. The van der Waals surface area contributed by atoms with Crippen molar-refractivity contribution in [3.8, 4) is 0 Å². The molecule has 0 aliphatic carbocycles. The number of aromatic nitrogens is 1. The van der Waals surface area contributed by atoms with Crippen molar-refractivity contribution in [3.05, 3.63) is 17.5 Å². The molecule has 1 aromatic rings. The van der Waals surface area contributed by atoms with Gasteiger partial charge in [0.25, 0.3) is 5.91 Å². The van der Waals surface area contributed by atoms with Crippen molar-refractivity contribution in [3.63, 3.8) is 0 Å². The minimum atomic E-state index is 0.0241. The van der Waals surface area contributed by atoms with Crippen LogP contribution < -0.4 is 0 Å². The number of rotatable bonds is 4. The van der Waals surface area contributed by atoms with Gasteiger partial charge in [0.05, 0.1) is 5.69 Å². The van der Waals surface area contributed by atoms with E-state index in [1.807, 2.05) is 6.07 Å². The van der Waals surface area contributed by atoms with Crippen molar-refractivity contribution >= 4 is 5.91 Å². The van der Waals surface area contributed by atoms with Gasteiger partial charge in [-0.25, -0.2) is 0 Å². The van der Waals surface area contributed by atoms with E-state index in [9.17, 15) is 4.79 Å². The molecule has 4 fully saturated rings. The normalized spacial score (nSPS) is 27.9. The summed E-state index contributed by atoms with van der Waals surface area (Å²) in [6.45, 7) is 8.98. The summed E-state index contributed by atoms with van der Waals surface area (Å²) < 4.78 is 10.9. The van der Waals surface area contributed by atoms with Gasteiger partial charge < -0.3 is 14.2 Å².